The highest BCUT2D eigenvalue weighted by Crippen LogP contribution is 2.29. The molecule has 0 amide bonds. The number of benzene rings is 1. The van der Waals surface area contributed by atoms with Crippen LogP contribution >= 0.6 is 11.6 Å². The van der Waals surface area contributed by atoms with Gasteiger partial charge in [-0.2, -0.15) is 0 Å². The van der Waals surface area contributed by atoms with E-state index in [1.54, 1.807) is 12.3 Å². The molecule has 32 heavy (non-hydrogen) atoms. The van der Waals surface area contributed by atoms with Crippen molar-refractivity contribution >= 4 is 29.6 Å². The van der Waals surface area contributed by atoms with Crippen LogP contribution in [-0.4, -0.2) is 47.9 Å². The van der Waals surface area contributed by atoms with E-state index in [1.807, 2.05) is 30.3 Å². The second-order valence-electron chi connectivity index (χ2n) is 8.17. The molecule has 3 aliphatic rings. The second kappa shape index (κ2) is 9.65. The number of piperidine rings is 1. The number of carbonyl (C=O) groups is 1. The molecule has 1 aromatic rings. The molecule has 1 aromatic carbocycles. The van der Waals surface area contributed by atoms with Crippen LogP contribution in [0.1, 0.15) is 29.6 Å². The van der Waals surface area contributed by atoms with E-state index in [1.165, 1.54) is 12.1 Å². The minimum Gasteiger partial charge on any atom is -0.342 e. The lowest BCUT2D eigenvalue weighted by Gasteiger charge is -2.39. The average Bonchev–Trinajstić information content (AvgIpc) is 2.77. The van der Waals surface area contributed by atoms with Crippen LogP contribution in [0.25, 0.3) is 0 Å². The molecule has 166 valence electrons. The molecular formula is C25H26ClFN4O. The number of Topliss-reactive ketones (excluding diaryl/α,β-unsaturated/α-hetero) is 1. The van der Waals surface area contributed by atoms with Gasteiger partial charge in [-0.1, -0.05) is 36.4 Å². The van der Waals surface area contributed by atoms with Crippen molar-refractivity contribution in [2.45, 2.75) is 19.3 Å². The monoisotopic (exact) mass is 452 g/mol. The van der Waals surface area contributed by atoms with Gasteiger partial charge in [-0.25, -0.2) is 9.38 Å². The van der Waals surface area contributed by atoms with Crippen LogP contribution in [0.4, 0.5) is 4.39 Å². The van der Waals surface area contributed by atoms with Crippen molar-refractivity contribution in [3.05, 3.63) is 83.1 Å². The van der Waals surface area contributed by atoms with Gasteiger partial charge in [0, 0.05) is 62.1 Å². The third-order valence-electron chi connectivity index (χ3n) is 5.96. The summed E-state index contributed by atoms with van der Waals surface area (Å²) in [6.07, 6.45) is 14.2. The molecule has 0 radical (unpaired) electrons. The summed E-state index contributed by atoms with van der Waals surface area (Å²) in [5.41, 5.74) is 2.08. The fourth-order valence-corrected chi connectivity index (χ4v) is 4.26. The van der Waals surface area contributed by atoms with Gasteiger partial charge in [-0.05, 0) is 37.1 Å². The summed E-state index contributed by atoms with van der Waals surface area (Å²) in [6.45, 7) is 5.51. The highest BCUT2D eigenvalue weighted by atomic mass is 35.5. The molecule has 0 aliphatic carbocycles. The lowest BCUT2D eigenvalue weighted by atomic mass is 9.90. The van der Waals surface area contributed by atoms with Crippen molar-refractivity contribution < 1.29 is 9.18 Å². The molecule has 2 atom stereocenters. The lowest BCUT2D eigenvalue weighted by Crippen LogP contribution is -2.49. The van der Waals surface area contributed by atoms with Crippen LogP contribution in [0.5, 0.6) is 0 Å². The zero-order chi connectivity index (χ0) is 22.7. The van der Waals surface area contributed by atoms with Crippen molar-refractivity contribution in [3.63, 3.8) is 0 Å². The Morgan fingerprint density at radius 1 is 1.31 bits per heavy atom. The van der Waals surface area contributed by atoms with Crippen molar-refractivity contribution in [1.82, 2.24) is 9.80 Å². The Morgan fingerprint density at radius 3 is 2.97 bits per heavy atom. The van der Waals surface area contributed by atoms with E-state index in [-0.39, 0.29) is 22.6 Å². The van der Waals surface area contributed by atoms with Gasteiger partial charge in [0.2, 0.25) is 5.96 Å². The van der Waals surface area contributed by atoms with Gasteiger partial charge in [0.15, 0.2) is 5.78 Å². The molecule has 0 N–H and O–H groups in total. The van der Waals surface area contributed by atoms with E-state index >= 15 is 0 Å². The van der Waals surface area contributed by atoms with E-state index in [0.29, 0.717) is 12.1 Å². The van der Waals surface area contributed by atoms with Crippen LogP contribution < -0.4 is 0 Å². The normalized spacial score (nSPS) is 24.5. The predicted octanol–water partition coefficient (Wildman–Crippen LogP) is 5.23. The molecule has 4 rings (SSSR count). The molecule has 7 heteroatoms. The maximum absolute atomic E-state index is 13.9. The molecule has 0 aromatic heterocycles. The number of hydrogen-bond donors (Lipinski definition) is 0. The summed E-state index contributed by atoms with van der Waals surface area (Å²) in [5.74, 6) is -0.0923. The van der Waals surface area contributed by atoms with Gasteiger partial charge in [0.05, 0.1) is 10.7 Å². The number of allylic oxidation sites excluding steroid dienone is 3. The number of hydrogen-bond acceptors (Lipinski definition) is 5. The van der Waals surface area contributed by atoms with Crippen LogP contribution in [0.15, 0.2) is 76.7 Å². The maximum atomic E-state index is 13.9. The number of guanidine groups is 1. The number of nitrogens with zero attached hydrogens (tertiary/aromatic N) is 4. The van der Waals surface area contributed by atoms with E-state index in [4.69, 9.17) is 16.6 Å². The molecule has 1 fully saturated rings. The SMILES string of the molecule is C=C1C=C(C2C=CCC=N/C=C\2)N=C(N2CCCC(C(=O)c3ccc(Cl)c(F)c3)C2)N1C. The van der Waals surface area contributed by atoms with E-state index in [0.717, 1.165) is 43.2 Å². The summed E-state index contributed by atoms with van der Waals surface area (Å²) in [4.78, 5) is 26.3. The standard InChI is InChI=1S/C25H26ClFN4O/c1-17-14-23(18-6-3-4-11-28-12-10-18)29-25(30(17)2)31-13-5-7-20(16-31)24(32)19-8-9-21(26)22(27)15-19/h3,6,8-12,14-15,18,20H,1,4-5,7,13,16H2,2H3/b6-3?,12-10-,28-11?. The Labute approximate surface area is 193 Å². The molecule has 1 saturated heterocycles. The molecule has 0 saturated carbocycles. The molecule has 3 aliphatic heterocycles. The zero-order valence-corrected chi connectivity index (χ0v) is 18.8. The minimum atomic E-state index is -0.572. The zero-order valence-electron chi connectivity index (χ0n) is 18.0. The summed E-state index contributed by atoms with van der Waals surface area (Å²) in [7, 11) is 1.93. The van der Waals surface area contributed by atoms with Gasteiger partial charge in [-0.15, -0.1) is 0 Å². The number of aliphatic imine (C=N–C) groups is 2. The number of ketones is 1. The number of rotatable bonds is 3. The van der Waals surface area contributed by atoms with Gasteiger partial charge < -0.3 is 9.80 Å². The van der Waals surface area contributed by atoms with Gasteiger partial charge in [0.1, 0.15) is 5.82 Å². The molecule has 3 heterocycles. The fraction of sp³-hybridized carbons (Fsp3) is 0.320. The number of likely N-dealkylation sites (N-methyl/N-ethyl adjacent to an activating group) is 1. The smallest absolute Gasteiger partial charge is 0.205 e. The molecule has 0 spiro atoms. The van der Waals surface area contributed by atoms with Gasteiger partial charge in [0.25, 0.3) is 0 Å². The first-order valence-electron chi connectivity index (χ1n) is 10.8. The molecule has 2 unspecified atom stereocenters. The first kappa shape index (κ1) is 22.2. The van der Waals surface area contributed by atoms with Crippen molar-refractivity contribution in [2.75, 3.05) is 20.1 Å². The lowest BCUT2D eigenvalue weighted by molar-refractivity contribution is 0.0861. The van der Waals surface area contributed by atoms with Crippen LogP contribution in [0.2, 0.25) is 5.02 Å². The third-order valence-corrected chi connectivity index (χ3v) is 6.27. The molecule has 0 bridgehead atoms. The Morgan fingerprint density at radius 2 is 2.16 bits per heavy atom. The van der Waals surface area contributed by atoms with Crippen molar-refractivity contribution in [1.29, 1.82) is 0 Å². The van der Waals surface area contributed by atoms with Crippen LogP contribution in [-0.2, 0) is 0 Å². The topological polar surface area (TPSA) is 48.3 Å². The number of halogens is 2. The Balaban J connectivity index is 1.56. The highest BCUT2D eigenvalue weighted by Gasteiger charge is 2.31. The second-order valence-corrected chi connectivity index (χ2v) is 8.58. The number of carbonyl (C=O) groups excluding carboxylic acids is 1. The van der Waals surface area contributed by atoms with Crippen LogP contribution in [0.3, 0.4) is 0 Å². The summed E-state index contributed by atoms with van der Waals surface area (Å²) in [5, 5.41) is 0.0193. The summed E-state index contributed by atoms with van der Waals surface area (Å²) >= 11 is 5.78. The predicted molar refractivity (Wildman–Crippen MR) is 127 cm³/mol. The van der Waals surface area contributed by atoms with Gasteiger partial charge in [-0.3, -0.25) is 9.79 Å². The van der Waals surface area contributed by atoms with Crippen LogP contribution in [0, 0.1) is 17.7 Å². The quantitative estimate of drug-likeness (QED) is 0.466. The minimum absolute atomic E-state index is 0.00663. The average molecular weight is 453 g/mol. The Kier molecular flexibility index (Phi) is 6.70. The molecular weight excluding hydrogens is 427 g/mol. The first-order chi connectivity index (χ1) is 15.4. The first-order valence-corrected chi connectivity index (χ1v) is 11.1. The van der Waals surface area contributed by atoms with E-state index in [2.05, 4.69) is 28.6 Å². The van der Waals surface area contributed by atoms with E-state index in [9.17, 15) is 9.18 Å². The largest absolute Gasteiger partial charge is 0.342 e. The highest BCUT2D eigenvalue weighted by molar-refractivity contribution is 6.30. The third kappa shape index (κ3) is 4.75. The van der Waals surface area contributed by atoms with Crippen molar-refractivity contribution in [3.8, 4) is 0 Å². The summed E-state index contributed by atoms with van der Waals surface area (Å²) in [6, 6.07) is 4.26. The van der Waals surface area contributed by atoms with E-state index < -0.39 is 5.82 Å². The summed E-state index contributed by atoms with van der Waals surface area (Å²) < 4.78 is 13.9. The van der Waals surface area contributed by atoms with Gasteiger partial charge >= 0.3 is 0 Å². The van der Waals surface area contributed by atoms with Crippen molar-refractivity contribution in [2.24, 2.45) is 21.8 Å². The molecule has 5 nitrogen and oxygen atoms in total. The number of likely N-dealkylation sites (tertiary alicyclic amines) is 1. The Hall–Kier alpha value is -2.99. The Bertz CT molecular complexity index is 1070. The maximum Gasteiger partial charge on any atom is 0.205 e. The fourth-order valence-electron chi connectivity index (χ4n) is 4.14.